The number of hydrogen-bond donors (Lipinski definition) is 0. The zero-order chi connectivity index (χ0) is 16.4. The van der Waals surface area contributed by atoms with E-state index < -0.39 is 0 Å². The van der Waals surface area contributed by atoms with Gasteiger partial charge in [-0.25, -0.2) is 9.67 Å². The number of benzene rings is 1. The quantitative estimate of drug-likeness (QED) is 0.792. The molecule has 6 heteroatoms. The van der Waals surface area contributed by atoms with Gasteiger partial charge in [0.1, 0.15) is 11.1 Å². The summed E-state index contributed by atoms with van der Waals surface area (Å²) in [6.45, 7) is 0.505. The van der Waals surface area contributed by atoms with Crippen molar-refractivity contribution < 1.29 is 9.53 Å². The van der Waals surface area contributed by atoms with E-state index in [0.29, 0.717) is 17.7 Å². The van der Waals surface area contributed by atoms with Gasteiger partial charge >= 0.3 is 5.97 Å². The Labute approximate surface area is 145 Å². The molecule has 126 valence electrons. The Kier molecular flexibility index (Phi) is 4.56. The van der Waals surface area contributed by atoms with E-state index in [1.165, 1.54) is 43.9 Å². The van der Waals surface area contributed by atoms with Gasteiger partial charge in [0.25, 0.3) is 0 Å². The highest BCUT2D eigenvalue weighted by Gasteiger charge is 2.30. The first-order valence-corrected chi connectivity index (χ1v) is 9.55. The Bertz CT molecular complexity index is 710. The van der Waals surface area contributed by atoms with E-state index in [0.717, 1.165) is 17.9 Å². The van der Waals surface area contributed by atoms with Crippen LogP contribution in [0.5, 0.6) is 0 Å². The van der Waals surface area contributed by atoms with Crippen LogP contribution >= 0.6 is 11.8 Å². The van der Waals surface area contributed by atoms with Gasteiger partial charge in [-0.1, -0.05) is 49.2 Å². The molecular formula is C18H21N3O2S. The monoisotopic (exact) mass is 343 g/mol. The Morgan fingerprint density at radius 2 is 1.88 bits per heavy atom. The molecule has 1 atom stereocenters. The van der Waals surface area contributed by atoms with Crippen LogP contribution in [-0.2, 0) is 9.53 Å². The van der Waals surface area contributed by atoms with Crippen molar-refractivity contribution in [2.24, 2.45) is 0 Å². The van der Waals surface area contributed by atoms with Crippen LogP contribution < -0.4 is 0 Å². The van der Waals surface area contributed by atoms with Gasteiger partial charge in [-0.3, -0.25) is 4.79 Å². The van der Waals surface area contributed by atoms with E-state index in [1.807, 2.05) is 22.9 Å². The van der Waals surface area contributed by atoms with E-state index in [2.05, 4.69) is 12.1 Å². The van der Waals surface area contributed by atoms with E-state index in [9.17, 15) is 4.79 Å². The number of esters is 1. The van der Waals surface area contributed by atoms with Gasteiger partial charge < -0.3 is 4.74 Å². The molecule has 1 saturated carbocycles. The Morgan fingerprint density at radius 1 is 1.08 bits per heavy atom. The number of ether oxygens (including phenoxy) is 1. The second-order valence-corrected chi connectivity index (χ2v) is 7.57. The summed E-state index contributed by atoms with van der Waals surface area (Å²) in [4.78, 5) is 16.6. The second-order valence-electron chi connectivity index (χ2n) is 6.40. The summed E-state index contributed by atoms with van der Waals surface area (Å²) < 4.78 is 7.02. The second kappa shape index (κ2) is 6.97. The number of carbonyl (C=O) groups excluding carboxylic acids is 1. The Morgan fingerprint density at radius 3 is 2.58 bits per heavy atom. The molecule has 4 rings (SSSR count). The number of hydrogen-bond acceptors (Lipinski definition) is 5. The number of nitrogens with zero attached hydrogens (tertiary/aromatic N) is 3. The van der Waals surface area contributed by atoms with Gasteiger partial charge in [0.15, 0.2) is 0 Å². The Hall–Kier alpha value is -1.82. The number of aromatic nitrogens is 3. The maximum absolute atomic E-state index is 11.7. The lowest BCUT2D eigenvalue weighted by Gasteiger charge is -2.21. The van der Waals surface area contributed by atoms with Crippen LogP contribution in [0.4, 0.5) is 0 Å². The lowest BCUT2D eigenvalue weighted by molar-refractivity contribution is -0.137. The fourth-order valence-electron chi connectivity index (χ4n) is 3.45. The highest BCUT2D eigenvalue weighted by Crippen LogP contribution is 2.35. The summed E-state index contributed by atoms with van der Waals surface area (Å²) in [7, 11) is 0. The van der Waals surface area contributed by atoms with Gasteiger partial charge in [-0.2, -0.15) is 0 Å². The first kappa shape index (κ1) is 15.7. The lowest BCUT2D eigenvalue weighted by Crippen LogP contribution is -2.12. The van der Waals surface area contributed by atoms with Crippen molar-refractivity contribution in [1.29, 1.82) is 0 Å². The van der Waals surface area contributed by atoms with E-state index >= 15 is 0 Å². The maximum atomic E-state index is 11.7. The van der Waals surface area contributed by atoms with Crippen molar-refractivity contribution in [3.8, 4) is 5.69 Å². The molecule has 2 heterocycles. The van der Waals surface area contributed by atoms with Crippen molar-refractivity contribution in [3.63, 3.8) is 0 Å². The van der Waals surface area contributed by atoms with Crippen LogP contribution in [0.3, 0.4) is 0 Å². The number of para-hydroxylation sites is 1. The standard InChI is InChI=1S/C18H21N3O2S/c22-17-15(11-12-23-17)24-18-19-16(13-7-3-1-4-8-13)21(20-18)14-9-5-2-6-10-14/h2,5-6,9-10,13,15H,1,3-4,7-8,11-12H2/t15-/m0/s1. The molecular weight excluding hydrogens is 322 g/mol. The number of thioether (sulfide) groups is 1. The molecule has 0 unspecified atom stereocenters. The maximum Gasteiger partial charge on any atom is 0.319 e. The van der Waals surface area contributed by atoms with Crippen LogP contribution in [-0.4, -0.2) is 32.6 Å². The lowest BCUT2D eigenvalue weighted by atomic mass is 9.88. The van der Waals surface area contributed by atoms with Crippen LogP contribution in [0.2, 0.25) is 0 Å². The minimum atomic E-state index is -0.171. The summed E-state index contributed by atoms with van der Waals surface area (Å²) in [5, 5.41) is 5.23. The predicted octanol–water partition coefficient (Wildman–Crippen LogP) is 3.72. The predicted molar refractivity (Wildman–Crippen MR) is 92.4 cm³/mol. The summed E-state index contributed by atoms with van der Waals surface area (Å²) in [5.74, 6) is 1.35. The summed E-state index contributed by atoms with van der Waals surface area (Å²) >= 11 is 1.44. The Balaban J connectivity index is 1.66. The van der Waals surface area contributed by atoms with E-state index in [1.54, 1.807) is 0 Å². The van der Waals surface area contributed by atoms with E-state index in [-0.39, 0.29) is 11.2 Å². The minimum absolute atomic E-state index is 0.143. The largest absolute Gasteiger partial charge is 0.465 e. The first-order chi connectivity index (χ1) is 11.8. The summed E-state index contributed by atoms with van der Waals surface area (Å²) in [6, 6.07) is 10.1. The third-order valence-electron chi connectivity index (χ3n) is 4.72. The van der Waals surface area contributed by atoms with Crippen LogP contribution in [0, 0.1) is 0 Å². The fraction of sp³-hybridized carbons (Fsp3) is 0.500. The molecule has 24 heavy (non-hydrogen) atoms. The van der Waals surface area contributed by atoms with Gasteiger partial charge in [0.05, 0.1) is 12.3 Å². The van der Waals surface area contributed by atoms with Gasteiger partial charge in [-0.15, -0.1) is 5.10 Å². The molecule has 0 amide bonds. The molecule has 0 spiro atoms. The molecule has 0 bridgehead atoms. The van der Waals surface area contributed by atoms with Crippen LogP contribution in [0.15, 0.2) is 35.5 Å². The third-order valence-corrected chi connectivity index (χ3v) is 5.82. The van der Waals surface area contributed by atoms with Gasteiger partial charge in [0, 0.05) is 12.3 Å². The normalized spacial score (nSPS) is 21.8. The summed E-state index contributed by atoms with van der Waals surface area (Å²) in [6.07, 6.45) is 6.89. The molecule has 0 radical (unpaired) electrons. The minimum Gasteiger partial charge on any atom is -0.465 e. The highest BCUT2D eigenvalue weighted by atomic mass is 32.2. The van der Waals surface area contributed by atoms with Crippen molar-refractivity contribution >= 4 is 17.7 Å². The topological polar surface area (TPSA) is 57.0 Å². The van der Waals surface area contributed by atoms with E-state index in [4.69, 9.17) is 14.8 Å². The first-order valence-electron chi connectivity index (χ1n) is 8.67. The molecule has 1 aromatic heterocycles. The smallest absolute Gasteiger partial charge is 0.319 e. The molecule has 5 nitrogen and oxygen atoms in total. The molecule has 1 aliphatic carbocycles. The zero-order valence-corrected chi connectivity index (χ0v) is 14.4. The SMILES string of the molecule is O=C1OCC[C@@H]1Sc1nc(C2CCCCC2)n(-c2ccccc2)n1. The third kappa shape index (κ3) is 3.20. The summed E-state index contributed by atoms with van der Waals surface area (Å²) in [5.41, 5.74) is 1.03. The molecule has 1 aromatic carbocycles. The molecule has 1 aliphatic heterocycles. The van der Waals surface area contributed by atoms with Gasteiger partial charge in [-0.05, 0) is 25.0 Å². The average Bonchev–Trinajstić information content (AvgIpc) is 3.24. The van der Waals surface area contributed by atoms with Crippen molar-refractivity contribution in [1.82, 2.24) is 14.8 Å². The highest BCUT2D eigenvalue weighted by molar-refractivity contribution is 8.00. The number of cyclic esters (lactones) is 1. The molecule has 1 saturated heterocycles. The molecule has 2 aromatic rings. The average molecular weight is 343 g/mol. The number of carbonyl (C=O) groups is 1. The van der Waals surface area contributed by atoms with Crippen molar-refractivity contribution in [2.45, 2.75) is 54.8 Å². The van der Waals surface area contributed by atoms with Crippen LogP contribution in [0.1, 0.15) is 50.3 Å². The van der Waals surface area contributed by atoms with Crippen LogP contribution in [0.25, 0.3) is 5.69 Å². The number of rotatable bonds is 4. The molecule has 2 aliphatic rings. The molecule has 0 N–H and O–H groups in total. The van der Waals surface area contributed by atoms with Crippen molar-refractivity contribution in [3.05, 3.63) is 36.2 Å². The fourth-order valence-corrected chi connectivity index (χ4v) is 4.36. The molecule has 2 fully saturated rings. The van der Waals surface area contributed by atoms with Crippen molar-refractivity contribution in [2.75, 3.05) is 6.61 Å². The van der Waals surface area contributed by atoms with Gasteiger partial charge in [0.2, 0.25) is 5.16 Å². The zero-order valence-electron chi connectivity index (χ0n) is 13.6.